The molecule has 1 aromatic heterocycles. The molecule has 0 radical (unpaired) electrons. The van der Waals surface area contributed by atoms with Crippen molar-refractivity contribution in [3.05, 3.63) is 90.6 Å². The number of primary amides is 1. The van der Waals surface area contributed by atoms with E-state index in [1.807, 2.05) is 60.7 Å². The van der Waals surface area contributed by atoms with Crippen LogP contribution in [0.15, 0.2) is 79.4 Å². The van der Waals surface area contributed by atoms with Gasteiger partial charge >= 0.3 is 0 Å². The molecule has 0 saturated carbocycles. The van der Waals surface area contributed by atoms with Gasteiger partial charge < -0.3 is 15.4 Å². The van der Waals surface area contributed by atoms with Crippen molar-refractivity contribution in [2.45, 2.75) is 12.3 Å². The molecule has 2 amide bonds. The van der Waals surface area contributed by atoms with Crippen molar-refractivity contribution < 1.29 is 14.3 Å². The standard InChI is InChI=1S/C25H23N3O3/c1-2-23(29)28-15-14-18(16-28)22-13-12-21(25(26)30)24(27-22)17-8-10-20(11-9-17)31-19-6-4-3-5-7-19/h2-13,18H,1,14-16H2,(H2,26,30). The van der Waals surface area contributed by atoms with E-state index in [1.165, 1.54) is 6.08 Å². The van der Waals surface area contributed by atoms with Crippen molar-refractivity contribution >= 4 is 11.8 Å². The lowest BCUT2D eigenvalue weighted by Crippen LogP contribution is -2.26. The van der Waals surface area contributed by atoms with E-state index in [-0.39, 0.29) is 11.8 Å². The number of rotatable bonds is 6. The fraction of sp³-hybridized carbons (Fsp3) is 0.160. The number of aromatic nitrogens is 1. The SMILES string of the molecule is C=CC(=O)N1CCC(c2ccc(C(N)=O)c(-c3ccc(Oc4ccccc4)cc3)n2)C1. The van der Waals surface area contributed by atoms with Gasteiger partial charge in [-0.3, -0.25) is 14.6 Å². The summed E-state index contributed by atoms with van der Waals surface area (Å²) in [6, 6.07) is 20.4. The first-order valence-electron chi connectivity index (χ1n) is 10.1. The Morgan fingerprint density at radius 3 is 2.42 bits per heavy atom. The van der Waals surface area contributed by atoms with Gasteiger partial charge in [-0.25, -0.2) is 0 Å². The molecule has 4 rings (SSSR count). The van der Waals surface area contributed by atoms with Crippen molar-refractivity contribution in [3.63, 3.8) is 0 Å². The zero-order valence-electron chi connectivity index (χ0n) is 17.0. The molecule has 2 aromatic carbocycles. The van der Waals surface area contributed by atoms with Gasteiger partial charge in [0.1, 0.15) is 11.5 Å². The van der Waals surface area contributed by atoms with Crippen LogP contribution < -0.4 is 10.5 Å². The summed E-state index contributed by atoms with van der Waals surface area (Å²) in [7, 11) is 0. The van der Waals surface area contributed by atoms with Gasteiger partial charge in [-0.15, -0.1) is 0 Å². The molecule has 1 aliphatic rings. The second-order valence-electron chi connectivity index (χ2n) is 7.41. The second kappa shape index (κ2) is 8.83. The van der Waals surface area contributed by atoms with Crippen LogP contribution >= 0.6 is 0 Å². The number of carbonyl (C=O) groups excluding carboxylic acids is 2. The number of nitrogens with two attached hydrogens (primary N) is 1. The van der Waals surface area contributed by atoms with E-state index in [9.17, 15) is 9.59 Å². The predicted octanol–water partition coefficient (Wildman–Crippen LogP) is 4.14. The third kappa shape index (κ3) is 4.48. The van der Waals surface area contributed by atoms with E-state index in [1.54, 1.807) is 11.0 Å². The van der Waals surface area contributed by atoms with Gasteiger partial charge in [0.05, 0.1) is 11.3 Å². The second-order valence-corrected chi connectivity index (χ2v) is 7.41. The van der Waals surface area contributed by atoms with Gasteiger partial charge in [0.15, 0.2) is 0 Å². The Balaban J connectivity index is 1.61. The first-order valence-corrected chi connectivity index (χ1v) is 10.1. The lowest BCUT2D eigenvalue weighted by molar-refractivity contribution is -0.125. The molecule has 1 aliphatic heterocycles. The highest BCUT2D eigenvalue weighted by molar-refractivity contribution is 5.98. The number of likely N-dealkylation sites (tertiary alicyclic amines) is 1. The first kappa shape index (κ1) is 20.3. The molecule has 1 saturated heterocycles. The number of ether oxygens (including phenoxy) is 1. The number of amides is 2. The summed E-state index contributed by atoms with van der Waals surface area (Å²) in [5.74, 6) is 0.915. The van der Waals surface area contributed by atoms with Crippen LogP contribution in [0.1, 0.15) is 28.4 Å². The van der Waals surface area contributed by atoms with Crippen LogP contribution in [0.2, 0.25) is 0 Å². The van der Waals surface area contributed by atoms with Gasteiger partial charge in [0, 0.05) is 30.3 Å². The summed E-state index contributed by atoms with van der Waals surface area (Å²) < 4.78 is 5.84. The number of pyridine rings is 1. The van der Waals surface area contributed by atoms with Gasteiger partial charge in [0.25, 0.3) is 5.91 Å². The maximum atomic E-state index is 12.0. The average Bonchev–Trinajstić information content (AvgIpc) is 3.30. The molecule has 1 unspecified atom stereocenters. The van der Waals surface area contributed by atoms with Gasteiger partial charge in [-0.2, -0.15) is 0 Å². The van der Waals surface area contributed by atoms with E-state index in [4.69, 9.17) is 15.5 Å². The van der Waals surface area contributed by atoms with Crippen LogP contribution in [0, 0.1) is 0 Å². The Morgan fingerprint density at radius 2 is 1.74 bits per heavy atom. The van der Waals surface area contributed by atoms with Crippen LogP contribution in [-0.4, -0.2) is 34.8 Å². The van der Waals surface area contributed by atoms with Gasteiger partial charge in [0.2, 0.25) is 5.91 Å². The first-order chi connectivity index (χ1) is 15.0. The normalized spacial score (nSPS) is 15.5. The maximum Gasteiger partial charge on any atom is 0.250 e. The van der Waals surface area contributed by atoms with Crippen molar-refractivity contribution in [2.75, 3.05) is 13.1 Å². The molecule has 31 heavy (non-hydrogen) atoms. The molecule has 0 bridgehead atoms. The molecule has 1 fully saturated rings. The summed E-state index contributed by atoms with van der Waals surface area (Å²) >= 11 is 0. The molecule has 156 valence electrons. The number of nitrogens with zero attached hydrogens (tertiary/aromatic N) is 2. The Hall–Kier alpha value is -3.93. The topological polar surface area (TPSA) is 85.5 Å². The summed E-state index contributed by atoms with van der Waals surface area (Å²) in [6.45, 7) is 4.80. The average molecular weight is 413 g/mol. The fourth-order valence-electron chi connectivity index (χ4n) is 3.76. The third-order valence-electron chi connectivity index (χ3n) is 5.38. The zero-order chi connectivity index (χ0) is 21.8. The van der Waals surface area contributed by atoms with E-state index in [2.05, 4.69) is 6.58 Å². The summed E-state index contributed by atoms with van der Waals surface area (Å²) in [5.41, 5.74) is 8.10. The van der Waals surface area contributed by atoms with Gasteiger partial charge in [-0.1, -0.05) is 24.8 Å². The largest absolute Gasteiger partial charge is 0.457 e. The predicted molar refractivity (Wildman–Crippen MR) is 119 cm³/mol. The molecular weight excluding hydrogens is 390 g/mol. The lowest BCUT2D eigenvalue weighted by atomic mass is 9.99. The molecule has 2 heterocycles. The number of hydrogen-bond donors (Lipinski definition) is 1. The minimum Gasteiger partial charge on any atom is -0.457 e. The summed E-state index contributed by atoms with van der Waals surface area (Å²) in [6.07, 6.45) is 2.14. The van der Waals surface area contributed by atoms with E-state index in [0.717, 1.165) is 23.4 Å². The monoisotopic (exact) mass is 413 g/mol. The molecule has 6 nitrogen and oxygen atoms in total. The maximum absolute atomic E-state index is 12.0. The highest BCUT2D eigenvalue weighted by Gasteiger charge is 2.28. The summed E-state index contributed by atoms with van der Waals surface area (Å²) in [5, 5.41) is 0. The van der Waals surface area contributed by atoms with Crippen LogP contribution in [-0.2, 0) is 4.79 Å². The molecule has 1 atom stereocenters. The zero-order valence-corrected chi connectivity index (χ0v) is 17.0. The molecular formula is C25H23N3O3. The van der Waals surface area contributed by atoms with Crippen molar-refractivity contribution in [2.24, 2.45) is 5.73 Å². The smallest absolute Gasteiger partial charge is 0.250 e. The third-order valence-corrected chi connectivity index (χ3v) is 5.38. The minimum absolute atomic E-state index is 0.0783. The number of carbonyl (C=O) groups is 2. The summed E-state index contributed by atoms with van der Waals surface area (Å²) in [4.78, 5) is 30.4. The minimum atomic E-state index is -0.534. The Labute approximate surface area is 181 Å². The quantitative estimate of drug-likeness (QED) is 0.616. The van der Waals surface area contributed by atoms with Crippen LogP contribution in [0.4, 0.5) is 0 Å². The van der Waals surface area contributed by atoms with Crippen LogP contribution in [0.25, 0.3) is 11.3 Å². The molecule has 0 aliphatic carbocycles. The fourth-order valence-corrected chi connectivity index (χ4v) is 3.76. The van der Waals surface area contributed by atoms with E-state index < -0.39 is 5.91 Å². The van der Waals surface area contributed by atoms with Crippen LogP contribution in [0.3, 0.4) is 0 Å². The van der Waals surface area contributed by atoms with E-state index >= 15 is 0 Å². The molecule has 6 heteroatoms. The Bertz CT molecular complexity index is 1110. The lowest BCUT2D eigenvalue weighted by Gasteiger charge is -2.15. The van der Waals surface area contributed by atoms with Crippen molar-refractivity contribution in [1.82, 2.24) is 9.88 Å². The van der Waals surface area contributed by atoms with Crippen molar-refractivity contribution in [1.29, 1.82) is 0 Å². The number of para-hydroxylation sites is 1. The van der Waals surface area contributed by atoms with Crippen LogP contribution in [0.5, 0.6) is 11.5 Å². The van der Waals surface area contributed by atoms with Crippen molar-refractivity contribution in [3.8, 4) is 22.8 Å². The molecule has 3 aromatic rings. The Kier molecular flexibility index (Phi) is 5.80. The van der Waals surface area contributed by atoms with E-state index in [0.29, 0.717) is 30.1 Å². The molecule has 0 spiro atoms. The molecule has 2 N–H and O–H groups in total. The Morgan fingerprint density at radius 1 is 1.03 bits per heavy atom. The highest BCUT2D eigenvalue weighted by Crippen LogP contribution is 2.31. The highest BCUT2D eigenvalue weighted by atomic mass is 16.5. The van der Waals surface area contributed by atoms with Gasteiger partial charge in [-0.05, 0) is 61.0 Å². The number of benzene rings is 2. The number of hydrogen-bond acceptors (Lipinski definition) is 4.